The average molecular weight is 476 g/mol. The maximum atomic E-state index is 13.4. The highest BCUT2D eigenvalue weighted by atomic mass is 35.5. The van der Waals surface area contributed by atoms with Gasteiger partial charge in [0.15, 0.2) is 0 Å². The first-order valence-electron chi connectivity index (χ1n) is 10.5. The van der Waals surface area contributed by atoms with E-state index in [-0.39, 0.29) is 23.3 Å². The molecule has 2 aliphatic rings. The van der Waals surface area contributed by atoms with Crippen molar-refractivity contribution in [2.24, 2.45) is 5.92 Å². The molecule has 0 spiro atoms. The maximum absolute atomic E-state index is 13.4. The van der Waals surface area contributed by atoms with Gasteiger partial charge in [0.1, 0.15) is 0 Å². The number of likely N-dealkylation sites (N-methyl/N-ethyl adjacent to an activating group) is 1. The molecular weight excluding hydrogens is 450 g/mol. The lowest BCUT2D eigenvalue weighted by Crippen LogP contribution is -2.43. The number of nitrogens with one attached hydrogen (secondary N) is 1. The quantitative estimate of drug-likeness (QED) is 0.731. The smallest absolute Gasteiger partial charge is 0.243 e. The van der Waals surface area contributed by atoms with Crippen LogP contribution < -0.4 is 10.2 Å². The third-order valence-corrected chi connectivity index (χ3v) is 8.46. The fourth-order valence-corrected chi connectivity index (χ4v) is 6.09. The Hall–Kier alpha value is -2.42. The monoisotopic (exact) mass is 475 g/mol. The molecule has 1 N–H and O–H groups in total. The number of carbonyl (C=O) groups is 2. The molecule has 0 unspecified atom stereocenters. The summed E-state index contributed by atoms with van der Waals surface area (Å²) in [7, 11) is -2.11. The topological polar surface area (TPSA) is 86.8 Å². The number of hydrogen-bond donors (Lipinski definition) is 1. The molecule has 0 aromatic heterocycles. The summed E-state index contributed by atoms with van der Waals surface area (Å²) in [6, 6.07) is 11.6. The second-order valence-corrected chi connectivity index (χ2v) is 11.2. The molecule has 2 heterocycles. The molecule has 1 atom stereocenters. The van der Waals surface area contributed by atoms with Gasteiger partial charge in [-0.1, -0.05) is 11.6 Å². The van der Waals surface area contributed by atoms with Crippen molar-refractivity contribution in [3.05, 3.63) is 53.1 Å². The molecule has 2 aromatic rings. The second-order valence-electron chi connectivity index (χ2n) is 8.87. The Balaban J connectivity index is 1.54. The lowest BCUT2D eigenvalue weighted by Gasteiger charge is -2.31. The number of sulfonamides is 1. The minimum absolute atomic E-state index is 0.0704. The number of carbonyl (C=O) groups excluding carboxylic acids is 2. The second kappa shape index (κ2) is 8.17. The molecule has 170 valence electrons. The third-order valence-electron chi connectivity index (χ3n) is 6.35. The summed E-state index contributed by atoms with van der Waals surface area (Å²) in [5.74, 6) is -0.735. The van der Waals surface area contributed by atoms with Crippen molar-refractivity contribution < 1.29 is 18.0 Å². The van der Waals surface area contributed by atoms with E-state index in [0.29, 0.717) is 35.7 Å². The number of hydrogen-bond acceptors (Lipinski definition) is 4. The predicted molar refractivity (Wildman–Crippen MR) is 124 cm³/mol. The molecule has 0 saturated carbocycles. The number of amides is 2. The standard InChI is InChI=1S/C23H26ClN3O4S/c1-23(2)19-13-18(10-11-20(19)26(3)22(23)29)32(30,31)27-12-4-5-15(14-27)21(28)25-17-8-6-16(24)7-9-17/h6-11,13,15H,4-5,12,14H2,1-3H3,(H,25,28)/t15-/m0/s1. The van der Waals surface area contributed by atoms with Crippen LogP contribution in [0.25, 0.3) is 0 Å². The van der Waals surface area contributed by atoms with Gasteiger partial charge in [-0.3, -0.25) is 9.59 Å². The zero-order chi connectivity index (χ0) is 23.3. The van der Waals surface area contributed by atoms with Gasteiger partial charge in [-0.15, -0.1) is 0 Å². The minimum Gasteiger partial charge on any atom is -0.326 e. The first-order chi connectivity index (χ1) is 15.0. The third kappa shape index (κ3) is 3.91. The lowest BCUT2D eigenvalue weighted by atomic mass is 9.86. The van der Waals surface area contributed by atoms with Gasteiger partial charge in [-0.05, 0) is 74.7 Å². The maximum Gasteiger partial charge on any atom is 0.243 e. The predicted octanol–water partition coefficient (Wildman–Crippen LogP) is 3.63. The number of halogens is 1. The number of benzene rings is 2. The van der Waals surface area contributed by atoms with E-state index in [1.54, 1.807) is 62.2 Å². The van der Waals surface area contributed by atoms with Crippen LogP contribution in [0.2, 0.25) is 5.02 Å². The lowest BCUT2D eigenvalue weighted by molar-refractivity contribution is -0.122. The van der Waals surface area contributed by atoms with Crippen LogP contribution in [-0.2, 0) is 25.0 Å². The molecule has 4 rings (SSSR count). The van der Waals surface area contributed by atoms with Crippen molar-refractivity contribution in [1.29, 1.82) is 0 Å². The fraction of sp³-hybridized carbons (Fsp3) is 0.391. The van der Waals surface area contributed by atoms with Gasteiger partial charge in [-0.25, -0.2) is 8.42 Å². The summed E-state index contributed by atoms with van der Waals surface area (Å²) >= 11 is 5.89. The van der Waals surface area contributed by atoms with Crippen LogP contribution in [0.4, 0.5) is 11.4 Å². The van der Waals surface area contributed by atoms with E-state index in [2.05, 4.69) is 5.32 Å². The van der Waals surface area contributed by atoms with Gasteiger partial charge in [0.25, 0.3) is 0 Å². The van der Waals surface area contributed by atoms with Crippen LogP contribution in [0.5, 0.6) is 0 Å². The summed E-state index contributed by atoms with van der Waals surface area (Å²) in [6.07, 6.45) is 1.21. The van der Waals surface area contributed by atoms with E-state index >= 15 is 0 Å². The molecular formula is C23H26ClN3O4S. The minimum atomic E-state index is -3.81. The normalized spacial score (nSPS) is 20.8. The van der Waals surface area contributed by atoms with Crippen molar-refractivity contribution >= 4 is 44.8 Å². The van der Waals surface area contributed by atoms with Crippen LogP contribution in [0.15, 0.2) is 47.4 Å². The van der Waals surface area contributed by atoms with Crippen LogP contribution in [0.1, 0.15) is 32.3 Å². The van der Waals surface area contributed by atoms with E-state index in [4.69, 9.17) is 11.6 Å². The number of fused-ring (bicyclic) bond motifs is 1. The zero-order valence-corrected chi connectivity index (χ0v) is 19.8. The van der Waals surface area contributed by atoms with Crippen molar-refractivity contribution in [1.82, 2.24) is 4.31 Å². The van der Waals surface area contributed by atoms with Gasteiger partial charge >= 0.3 is 0 Å². The van der Waals surface area contributed by atoms with Gasteiger partial charge in [0.05, 0.1) is 16.2 Å². The first-order valence-corrected chi connectivity index (χ1v) is 12.3. The molecule has 7 nitrogen and oxygen atoms in total. The summed E-state index contributed by atoms with van der Waals surface area (Å²) in [6.45, 7) is 4.06. The molecule has 2 amide bonds. The molecule has 2 aromatic carbocycles. The van der Waals surface area contributed by atoms with Crippen molar-refractivity contribution in [2.45, 2.75) is 37.0 Å². The number of nitrogens with zero attached hydrogens (tertiary/aromatic N) is 2. The van der Waals surface area contributed by atoms with Crippen LogP contribution in [-0.4, -0.2) is 44.7 Å². The fourth-order valence-electron chi connectivity index (χ4n) is 4.41. The largest absolute Gasteiger partial charge is 0.326 e. The molecule has 1 fully saturated rings. The van der Waals surface area contributed by atoms with Crippen molar-refractivity contribution in [3.63, 3.8) is 0 Å². The SMILES string of the molecule is CN1C(=O)C(C)(C)c2cc(S(=O)(=O)N3CCC[C@H](C(=O)Nc4ccc(Cl)cc4)C3)ccc21. The van der Waals surface area contributed by atoms with E-state index in [9.17, 15) is 18.0 Å². The van der Waals surface area contributed by atoms with Gasteiger partial charge in [0, 0.05) is 36.5 Å². The van der Waals surface area contributed by atoms with Crippen LogP contribution >= 0.6 is 11.6 Å². The van der Waals surface area contributed by atoms with Crippen LogP contribution in [0, 0.1) is 5.92 Å². The highest BCUT2D eigenvalue weighted by Crippen LogP contribution is 2.42. The Morgan fingerprint density at radius 2 is 1.84 bits per heavy atom. The molecule has 0 radical (unpaired) electrons. The zero-order valence-electron chi connectivity index (χ0n) is 18.3. The Bertz CT molecular complexity index is 1180. The Kier molecular flexibility index (Phi) is 5.81. The Morgan fingerprint density at radius 3 is 2.53 bits per heavy atom. The van der Waals surface area contributed by atoms with E-state index in [1.807, 2.05) is 0 Å². The van der Waals surface area contributed by atoms with E-state index in [1.165, 1.54) is 10.4 Å². The first kappa shape index (κ1) is 22.8. The molecule has 0 aliphatic carbocycles. The van der Waals surface area contributed by atoms with Gasteiger partial charge in [-0.2, -0.15) is 4.31 Å². The highest BCUT2D eigenvalue weighted by molar-refractivity contribution is 7.89. The molecule has 2 aliphatic heterocycles. The van der Waals surface area contributed by atoms with Crippen LogP contribution in [0.3, 0.4) is 0 Å². The Morgan fingerprint density at radius 1 is 1.16 bits per heavy atom. The molecule has 0 bridgehead atoms. The summed E-state index contributed by atoms with van der Waals surface area (Å²) < 4.78 is 28.2. The molecule has 9 heteroatoms. The number of anilines is 2. The van der Waals surface area contributed by atoms with Gasteiger partial charge < -0.3 is 10.2 Å². The highest BCUT2D eigenvalue weighted by Gasteiger charge is 2.43. The van der Waals surface area contributed by atoms with Crippen molar-refractivity contribution in [2.75, 3.05) is 30.4 Å². The van der Waals surface area contributed by atoms with Crippen molar-refractivity contribution in [3.8, 4) is 0 Å². The Labute approximate surface area is 193 Å². The molecule has 32 heavy (non-hydrogen) atoms. The average Bonchev–Trinajstić information content (AvgIpc) is 2.95. The number of rotatable bonds is 4. The van der Waals surface area contributed by atoms with Gasteiger partial charge in [0.2, 0.25) is 21.8 Å². The van der Waals surface area contributed by atoms with E-state index < -0.39 is 21.4 Å². The summed E-state index contributed by atoms with van der Waals surface area (Å²) in [5.41, 5.74) is 1.24. The summed E-state index contributed by atoms with van der Waals surface area (Å²) in [5, 5.41) is 3.42. The molecule has 1 saturated heterocycles. The van der Waals surface area contributed by atoms with E-state index in [0.717, 1.165) is 5.69 Å². The summed E-state index contributed by atoms with van der Waals surface area (Å²) in [4.78, 5) is 27.0. The number of piperidine rings is 1.